The van der Waals surface area contributed by atoms with Crippen LogP contribution in [-0.4, -0.2) is 79.7 Å². The SMILES string of the molecule is O=C1Oc2nc(cn3cccc23)OC(=O)C(O)(C(=O)N[C@H]2CN3CCC2CC3)C1O. The van der Waals surface area contributed by atoms with Crippen molar-refractivity contribution in [1.82, 2.24) is 19.6 Å². The van der Waals surface area contributed by atoms with Gasteiger partial charge in [-0.15, -0.1) is 0 Å². The number of aliphatic hydroxyl groups is 2. The van der Waals surface area contributed by atoms with Crippen molar-refractivity contribution in [1.29, 1.82) is 0 Å². The molecule has 0 spiro atoms. The number of fused-ring (bicyclic) bond motifs is 7. The molecule has 2 unspecified atom stereocenters. The first-order valence-corrected chi connectivity index (χ1v) is 9.71. The Balaban J connectivity index is 1.47. The van der Waals surface area contributed by atoms with E-state index in [-0.39, 0.29) is 23.7 Å². The van der Waals surface area contributed by atoms with Gasteiger partial charge in [0.25, 0.3) is 11.5 Å². The van der Waals surface area contributed by atoms with E-state index >= 15 is 0 Å². The summed E-state index contributed by atoms with van der Waals surface area (Å²) >= 11 is 0. The first-order valence-electron chi connectivity index (χ1n) is 9.71. The number of carbonyl (C=O) groups excluding carboxylic acids is 3. The number of nitrogens with one attached hydrogen (secondary N) is 1. The molecule has 0 saturated carbocycles. The third kappa shape index (κ3) is 2.85. The largest absolute Gasteiger partial charge is 0.403 e. The number of esters is 2. The summed E-state index contributed by atoms with van der Waals surface area (Å²) < 4.78 is 11.7. The van der Waals surface area contributed by atoms with Crippen molar-refractivity contribution in [3.8, 4) is 11.8 Å². The van der Waals surface area contributed by atoms with Gasteiger partial charge in [-0.25, -0.2) is 9.59 Å². The number of carbonyl (C=O) groups is 3. The van der Waals surface area contributed by atoms with Gasteiger partial charge in [-0.1, -0.05) is 0 Å². The van der Waals surface area contributed by atoms with Crippen LogP contribution in [0.5, 0.6) is 11.8 Å². The van der Waals surface area contributed by atoms with Gasteiger partial charge < -0.3 is 34.3 Å². The fourth-order valence-corrected chi connectivity index (χ4v) is 4.35. The highest BCUT2D eigenvalue weighted by molar-refractivity contribution is 6.11. The maximum atomic E-state index is 13.0. The van der Waals surface area contributed by atoms with Crippen molar-refractivity contribution < 1.29 is 34.1 Å². The highest BCUT2D eigenvalue weighted by Gasteiger charge is 2.58. The first-order chi connectivity index (χ1) is 14.4. The second-order valence-corrected chi connectivity index (χ2v) is 7.88. The predicted molar refractivity (Wildman–Crippen MR) is 98.5 cm³/mol. The van der Waals surface area contributed by atoms with Crippen LogP contribution in [0.25, 0.3) is 5.52 Å². The van der Waals surface area contributed by atoms with Gasteiger partial charge in [-0.2, -0.15) is 4.98 Å². The molecule has 3 saturated heterocycles. The monoisotopic (exact) mass is 416 g/mol. The highest BCUT2D eigenvalue weighted by atomic mass is 16.6. The van der Waals surface area contributed by atoms with Gasteiger partial charge in [-0.3, -0.25) is 4.79 Å². The molecule has 2 aromatic heterocycles. The maximum Gasteiger partial charge on any atom is 0.358 e. The Bertz CT molecular complexity index is 1040. The summed E-state index contributed by atoms with van der Waals surface area (Å²) in [4.78, 5) is 44.3. The normalized spacial score (nSPS) is 33.3. The van der Waals surface area contributed by atoms with Crippen molar-refractivity contribution in [2.45, 2.75) is 30.6 Å². The molecule has 158 valence electrons. The molecule has 11 heteroatoms. The topological polar surface area (TPSA) is 143 Å². The molecule has 6 rings (SSSR count). The van der Waals surface area contributed by atoms with Crippen LogP contribution in [0.3, 0.4) is 0 Å². The number of rotatable bonds is 2. The van der Waals surface area contributed by atoms with E-state index in [1.807, 2.05) is 0 Å². The number of aromatic nitrogens is 2. The van der Waals surface area contributed by atoms with Crippen LogP contribution in [0.4, 0.5) is 0 Å². The molecule has 0 aromatic carbocycles. The fourth-order valence-electron chi connectivity index (χ4n) is 4.35. The minimum atomic E-state index is -3.19. The number of piperidine rings is 3. The molecule has 4 bridgehead atoms. The van der Waals surface area contributed by atoms with Crippen LogP contribution >= 0.6 is 0 Å². The Labute approximate surface area is 170 Å². The lowest BCUT2D eigenvalue weighted by molar-refractivity contribution is -0.185. The van der Waals surface area contributed by atoms with Crippen molar-refractivity contribution in [3.63, 3.8) is 0 Å². The molecule has 0 aliphatic carbocycles. The van der Waals surface area contributed by atoms with E-state index in [2.05, 4.69) is 15.2 Å². The Morgan fingerprint density at radius 1 is 1.27 bits per heavy atom. The average Bonchev–Trinajstić information content (AvgIpc) is 3.22. The minimum Gasteiger partial charge on any atom is -0.403 e. The third-order valence-electron chi connectivity index (χ3n) is 6.10. The quantitative estimate of drug-likeness (QED) is 0.392. The van der Waals surface area contributed by atoms with Crippen LogP contribution < -0.4 is 14.8 Å². The molecular formula is C19H20N4O7. The van der Waals surface area contributed by atoms with Gasteiger partial charge in [0.05, 0.1) is 6.20 Å². The zero-order chi connectivity index (χ0) is 21.0. The van der Waals surface area contributed by atoms with Crippen LogP contribution in [-0.2, 0) is 14.4 Å². The van der Waals surface area contributed by atoms with Crippen molar-refractivity contribution in [2.75, 3.05) is 19.6 Å². The number of amides is 1. The number of aliphatic hydroxyl groups excluding tert-OH is 1. The zero-order valence-corrected chi connectivity index (χ0v) is 15.9. The molecule has 11 nitrogen and oxygen atoms in total. The van der Waals surface area contributed by atoms with Gasteiger partial charge in [0.2, 0.25) is 17.9 Å². The smallest absolute Gasteiger partial charge is 0.358 e. The van der Waals surface area contributed by atoms with Crippen LogP contribution in [0.2, 0.25) is 0 Å². The standard InChI is InChI=1S/C19H20N4O7/c24-14-16(25)30-15-12-2-1-5-23(12)9-13(21-15)29-18(27)19(14,28)17(26)20-11-8-22-6-3-10(11)4-7-22/h1-2,5,9-11,14,24,28H,3-4,6-8H2,(H,20,26)/t11-,14?,19?/m0/s1. The van der Waals surface area contributed by atoms with Gasteiger partial charge in [0, 0.05) is 18.8 Å². The molecule has 2 aromatic rings. The molecule has 30 heavy (non-hydrogen) atoms. The molecule has 4 aliphatic heterocycles. The molecule has 1 amide bonds. The number of hydrogen-bond acceptors (Lipinski definition) is 9. The number of nitrogens with zero attached hydrogens (tertiary/aromatic N) is 3. The van der Waals surface area contributed by atoms with Gasteiger partial charge in [-0.05, 0) is 44.0 Å². The first kappa shape index (κ1) is 19.0. The summed E-state index contributed by atoms with van der Waals surface area (Å²) in [6.45, 7) is 2.41. The Kier molecular flexibility index (Phi) is 4.27. The van der Waals surface area contributed by atoms with Crippen LogP contribution in [0.15, 0.2) is 24.5 Å². The summed E-state index contributed by atoms with van der Waals surface area (Å²) in [6, 6.07) is 2.93. The van der Waals surface area contributed by atoms with E-state index in [0.29, 0.717) is 12.1 Å². The molecule has 6 heterocycles. The lowest BCUT2D eigenvalue weighted by atomic mass is 9.83. The fraction of sp³-hybridized carbons (Fsp3) is 0.474. The molecule has 3 N–H and O–H groups in total. The average molecular weight is 416 g/mol. The van der Waals surface area contributed by atoms with Gasteiger partial charge >= 0.3 is 11.9 Å². The van der Waals surface area contributed by atoms with E-state index in [1.165, 1.54) is 10.6 Å². The Morgan fingerprint density at radius 3 is 2.73 bits per heavy atom. The summed E-state index contributed by atoms with van der Waals surface area (Å²) in [5.41, 5.74) is -2.82. The second-order valence-electron chi connectivity index (χ2n) is 7.88. The molecule has 0 radical (unpaired) electrons. The highest BCUT2D eigenvalue weighted by Crippen LogP contribution is 2.30. The van der Waals surface area contributed by atoms with Gasteiger partial charge in [0.1, 0.15) is 5.52 Å². The summed E-state index contributed by atoms with van der Waals surface area (Å²) in [5.74, 6) is -4.45. The lowest BCUT2D eigenvalue weighted by Crippen LogP contribution is -2.68. The van der Waals surface area contributed by atoms with Crippen molar-refractivity contribution in [3.05, 3.63) is 24.5 Å². The zero-order valence-electron chi connectivity index (χ0n) is 15.9. The third-order valence-corrected chi connectivity index (χ3v) is 6.10. The second kappa shape index (κ2) is 6.76. The molecular weight excluding hydrogens is 396 g/mol. The predicted octanol–water partition coefficient (Wildman–Crippen LogP) is -1.54. The Hall–Kier alpha value is -3.02. The van der Waals surface area contributed by atoms with Gasteiger partial charge in [0.15, 0.2) is 0 Å². The molecule has 4 aliphatic rings. The van der Waals surface area contributed by atoms with Crippen molar-refractivity contribution >= 4 is 23.4 Å². The minimum absolute atomic E-state index is 0.192. The van der Waals surface area contributed by atoms with E-state index in [4.69, 9.17) is 9.47 Å². The molecule has 3 atom stereocenters. The van der Waals surface area contributed by atoms with E-state index < -0.39 is 29.6 Å². The summed E-state index contributed by atoms with van der Waals surface area (Å²) in [6.07, 6.45) is 2.18. The number of hydrogen-bond donors (Lipinski definition) is 3. The summed E-state index contributed by atoms with van der Waals surface area (Å²) in [7, 11) is 0. The maximum absolute atomic E-state index is 13.0. The van der Waals surface area contributed by atoms with Crippen molar-refractivity contribution in [2.24, 2.45) is 5.92 Å². The van der Waals surface area contributed by atoms with E-state index in [0.717, 1.165) is 25.9 Å². The van der Waals surface area contributed by atoms with E-state index in [1.54, 1.807) is 18.3 Å². The van der Waals surface area contributed by atoms with Crippen LogP contribution in [0.1, 0.15) is 12.8 Å². The van der Waals surface area contributed by atoms with Crippen LogP contribution in [0, 0.1) is 5.92 Å². The Morgan fingerprint density at radius 2 is 2.03 bits per heavy atom. The summed E-state index contributed by atoms with van der Waals surface area (Å²) in [5, 5.41) is 24.0. The molecule has 3 fully saturated rings. The lowest BCUT2D eigenvalue weighted by Gasteiger charge is -2.45. The van der Waals surface area contributed by atoms with E-state index in [9.17, 15) is 24.6 Å². The number of ether oxygens (including phenoxy) is 2.